The van der Waals surface area contributed by atoms with E-state index in [2.05, 4.69) is 4.98 Å². The molecule has 2 aromatic heterocycles. The second kappa shape index (κ2) is 8.78. The molecule has 0 radical (unpaired) electrons. The molecule has 0 N–H and O–H groups in total. The predicted molar refractivity (Wildman–Crippen MR) is 113 cm³/mol. The zero-order chi connectivity index (χ0) is 20.2. The molecule has 0 saturated carbocycles. The highest BCUT2D eigenvalue weighted by atomic mass is 32.2. The van der Waals surface area contributed by atoms with Crippen LogP contribution in [0.3, 0.4) is 0 Å². The molecule has 0 saturated heterocycles. The Hall–Kier alpha value is -2.67. The molecular weight excluding hydrogens is 386 g/mol. The molecule has 0 atom stereocenters. The number of thioether (sulfide) groups is 1. The molecule has 1 aliphatic rings. The van der Waals surface area contributed by atoms with E-state index in [1.54, 1.807) is 11.5 Å². The Kier molecular flexibility index (Phi) is 5.94. The molecule has 0 unspecified atom stereocenters. The van der Waals surface area contributed by atoms with Crippen LogP contribution in [0.4, 0.5) is 0 Å². The standard InChI is InChI=1S/C22H23N3O3S/c1-2-28-19(26)14-29-22-24-20-17(12-16-10-6-7-11-18(16)23-20)21(27)25(22)13-15-8-4-3-5-9-15/h3-5,8-9,12H,2,6-7,10-11,13-14H2,1H3. The molecule has 2 heterocycles. The summed E-state index contributed by atoms with van der Waals surface area (Å²) in [5, 5.41) is 1.03. The summed E-state index contributed by atoms with van der Waals surface area (Å²) in [6, 6.07) is 11.7. The maximum atomic E-state index is 13.4. The smallest absolute Gasteiger partial charge is 0.316 e. The van der Waals surface area contributed by atoms with Crippen LogP contribution < -0.4 is 5.56 Å². The van der Waals surface area contributed by atoms with Gasteiger partial charge in [0.05, 0.1) is 24.3 Å². The second-order valence-electron chi connectivity index (χ2n) is 7.04. The van der Waals surface area contributed by atoms with Crippen LogP contribution in [0.15, 0.2) is 46.3 Å². The van der Waals surface area contributed by atoms with Crippen molar-refractivity contribution >= 4 is 28.8 Å². The van der Waals surface area contributed by atoms with Gasteiger partial charge in [0.2, 0.25) is 0 Å². The number of ether oxygens (including phenoxy) is 1. The lowest BCUT2D eigenvalue weighted by Gasteiger charge is -2.17. The van der Waals surface area contributed by atoms with Crippen LogP contribution >= 0.6 is 11.8 Å². The molecule has 0 fully saturated rings. The predicted octanol–water partition coefficient (Wildman–Crippen LogP) is 3.37. The maximum absolute atomic E-state index is 13.4. The lowest BCUT2D eigenvalue weighted by molar-refractivity contribution is -0.139. The van der Waals surface area contributed by atoms with Crippen LogP contribution in [-0.4, -0.2) is 32.9 Å². The van der Waals surface area contributed by atoms with Crippen molar-refractivity contribution in [3.8, 4) is 0 Å². The summed E-state index contributed by atoms with van der Waals surface area (Å²) < 4.78 is 6.66. The van der Waals surface area contributed by atoms with E-state index in [1.165, 1.54) is 11.8 Å². The average Bonchev–Trinajstić information content (AvgIpc) is 2.74. The number of hydrogen-bond donors (Lipinski definition) is 0. The molecule has 0 spiro atoms. The van der Waals surface area contributed by atoms with Crippen LogP contribution in [0, 0.1) is 0 Å². The Morgan fingerprint density at radius 2 is 1.97 bits per heavy atom. The van der Waals surface area contributed by atoms with E-state index < -0.39 is 0 Å². The SMILES string of the molecule is CCOC(=O)CSc1nc2nc3c(cc2c(=O)n1Cc1ccccc1)CCCC3. The van der Waals surface area contributed by atoms with Gasteiger partial charge in [-0.15, -0.1) is 0 Å². The Bertz CT molecular complexity index is 1100. The number of carbonyl (C=O) groups is 1. The third-order valence-corrected chi connectivity index (χ3v) is 5.95. The fraction of sp³-hybridized carbons (Fsp3) is 0.364. The van der Waals surface area contributed by atoms with Gasteiger partial charge in [0.1, 0.15) is 0 Å². The van der Waals surface area contributed by atoms with Crippen LogP contribution in [-0.2, 0) is 28.9 Å². The lowest BCUT2D eigenvalue weighted by Crippen LogP contribution is -2.25. The fourth-order valence-electron chi connectivity index (χ4n) is 3.59. The first-order chi connectivity index (χ1) is 14.2. The van der Waals surface area contributed by atoms with Gasteiger partial charge < -0.3 is 4.74 Å². The fourth-order valence-corrected chi connectivity index (χ4v) is 4.37. The molecule has 1 aromatic carbocycles. The Morgan fingerprint density at radius 1 is 1.17 bits per heavy atom. The zero-order valence-electron chi connectivity index (χ0n) is 16.4. The Morgan fingerprint density at radius 3 is 2.76 bits per heavy atom. The number of nitrogens with zero attached hydrogens (tertiary/aromatic N) is 3. The van der Waals surface area contributed by atoms with Gasteiger partial charge >= 0.3 is 5.97 Å². The van der Waals surface area contributed by atoms with Gasteiger partial charge in [-0.25, -0.2) is 9.97 Å². The first-order valence-corrected chi connectivity index (χ1v) is 10.9. The highest BCUT2D eigenvalue weighted by Crippen LogP contribution is 2.24. The normalized spacial score (nSPS) is 13.3. The van der Waals surface area contributed by atoms with Crippen molar-refractivity contribution in [2.24, 2.45) is 0 Å². The van der Waals surface area contributed by atoms with E-state index in [-0.39, 0.29) is 17.3 Å². The van der Waals surface area contributed by atoms with Crippen molar-refractivity contribution in [2.75, 3.05) is 12.4 Å². The molecule has 6 nitrogen and oxygen atoms in total. The molecule has 0 aliphatic heterocycles. The zero-order valence-corrected chi connectivity index (χ0v) is 17.2. The molecule has 150 valence electrons. The van der Waals surface area contributed by atoms with Gasteiger partial charge in [-0.2, -0.15) is 0 Å². The summed E-state index contributed by atoms with van der Waals surface area (Å²) in [6.45, 7) is 2.50. The lowest BCUT2D eigenvalue weighted by atomic mass is 9.95. The largest absolute Gasteiger partial charge is 0.465 e. The number of aryl methyl sites for hydroxylation is 2. The van der Waals surface area contributed by atoms with E-state index in [9.17, 15) is 9.59 Å². The van der Waals surface area contributed by atoms with Gasteiger partial charge in [-0.1, -0.05) is 42.1 Å². The van der Waals surface area contributed by atoms with Gasteiger partial charge in [-0.05, 0) is 49.8 Å². The number of rotatable bonds is 6. The van der Waals surface area contributed by atoms with Crippen LogP contribution in [0.5, 0.6) is 0 Å². The average molecular weight is 410 g/mol. The maximum Gasteiger partial charge on any atom is 0.316 e. The van der Waals surface area contributed by atoms with E-state index >= 15 is 0 Å². The highest BCUT2D eigenvalue weighted by molar-refractivity contribution is 7.99. The second-order valence-corrected chi connectivity index (χ2v) is 7.98. The molecule has 3 aromatic rings. The third kappa shape index (κ3) is 4.34. The molecule has 0 amide bonds. The Balaban J connectivity index is 1.79. The number of pyridine rings is 1. The third-order valence-electron chi connectivity index (χ3n) is 5.00. The van der Waals surface area contributed by atoms with E-state index in [4.69, 9.17) is 9.72 Å². The summed E-state index contributed by atoms with van der Waals surface area (Å²) in [5.74, 6) is -0.220. The molecule has 0 bridgehead atoms. The minimum Gasteiger partial charge on any atom is -0.465 e. The summed E-state index contributed by atoms with van der Waals surface area (Å²) in [4.78, 5) is 34.6. The van der Waals surface area contributed by atoms with Crippen molar-refractivity contribution in [1.82, 2.24) is 14.5 Å². The van der Waals surface area contributed by atoms with E-state index in [0.717, 1.165) is 42.5 Å². The van der Waals surface area contributed by atoms with E-state index in [0.29, 0.717) is 29.3 Å². The molecule has 4 rings (SSSR count). The van der Waals surface area contributed by atoms with Gasteiger partial charge in [0, 0.05) is 5.69 Å². The first kappa shape index (κ1) is 19.6. The van der Waals surface area contributed by atoms with Gasteiger partial charge in [0.15, 0.2) is 10.8 Å². The number of fused-ring (bicyclic) bond motifs is 2. The van der Waals surface area contributed by atoms with Gasteiger partial charge in [0.25, 0.3) is 5.56 Å². The summed E-state index contributed by atoms with van der Waals surface area (Å²) in [6.07, 6.45) is 4.11. The highest BCUT2D eigenvalue weighted by Gasteiger charge is 2.18. The van der Waals surface area contributed by atoms with Crippen LogP contribution in [0.25, 0.3) is 11.0 Å². The quantitative estimate of drug-likeness (QED) is 0.353. The Labute approximate surface area is 173 Å². The number of benzene rings is 1. The number of carbonyl (C=O) groups excluding carboxylic acids is 1. The van der Waals surface area contributed by atoms with Crippen molar-refractivity contribution in [3.05, 3.63) is 63.6 Å². The molecule has 7 heteroatoms. The summed E-state index contributed by atoms with van der Waals surface area (Å²) >= 11 is 1.22. The molecule has 29 heavy (non-hydrogen) atoms. The van der Waals surface area contributed by atoms with Crippen molar-refractivity contribution in [3.63, 3.8) is 0 Å². The van der Waals surface area contributed by atoms with Crippen LogP contribution in [0.2, 0.25) is 0 Å². The monoisotopic (exact) mass is 409 g/mol. The van der Waals surface area contributed by atoms with Crippen molar-refractivity contribution in [1.29, 1.82) is 0 Å². The van der Waals surface area contributed by atoms with Gasteiger partial charge in [-0.3, -0.25) is 14.2 Å². The topological polar surface area (TPSA) is 74.1 Å². The molecular formula is C22H23N3O3S. The van der Waals surface area contributed by atoms with E-state index in [1.807, 2.05) is 36.4 Å². The van der Waals surface area contributed by atoms with Crippen LogP contribution in [0.1, 0.15) is 36.6 Å². The first-order valence-electron chi connectivity index (χ1n) is 9.91. The number of aromatic nitrogens is 3. The van der Waals surface area contributed by atoms with Crippen molar-refractivity contribution < 1.29 is 9.53 Å². The minimum atomic E-state index is -0.323. The summed E-state index contributed by atoms with van der Waals surface area (Å²) in [5.41, 5.74) is 3.54. The number of esters is 1. The summed E-state index contributed by atoms with van der Waals surface area (Å²) in [7, 11) is 0. The van der Waals surface area contributed by atoms with Crippen molar-refractivity contribution in [2.45, 2.75) is 44.3 Å². The minimum absolute atomic E-state index is 0.103. The molecule has 1 aliphatic carbocycles. The number of hydrogen-bond acceptors (Lipinski definition) is 6.